The van der Waals surface area contributed by atoms with Crippen LogP contribution in [-0.4, -0.2) is 40.9 Å². The summed E-state index contributed by atoms with van der Waals surface area (Å²) in [6, 6.07) is 18.3. The summed E-state index contributed by atoms with van der Waals surface area (Å²) in [7, 11) is 1.95. The third-order valence-electron chi connectivity index (χ3n) is 5.86. The molecule has 0 aliphatic carbocycles. The molecule has 0 saturated heterocycles. The molecule has 3 aromatic rings. The molecule has 0 radical (unpaired) electrons. The number of nitrogens with zero attached hydrogens (tertiary/aromatic N) is 3. The van der Waals surface area contributed by atoms with Crippen molar-refractivity contribution in [2.45, 2.75) is 45.8 Å². The van der Waals surface area contributed by atoms with E-state index in [1.165, 1.54) is 6.33 Å². The number of ether oxygens (including phenoxy) is 1. The number of amides is 1. The molecule has 0 aliphatic rings. The third-order valence-corrected chi connectivity index (χ3v) is 5.86. The molecule has 1 heterocycles. The van der Waals surface area contributed by atoms with E-state index >= 15 is 0 Å². The zero-order chi connectivity index (χ0) is 25.0. The Morgan fingerprint density at radius 1 is 1.14 bits per heavy atom. The first-order chi connectivity index (χ1) is 17.0. The number of allylic oxidation sites excluding steroid dienone is 1. The second kappa shape index (κ2) is 13.4. The van der Waals surface area contributed by atoms with Crippen LogP contribution < -0.4 is 10.1 Å². The quantitative estimate of drug-likeness (QED) is 0.332. The van der Waals surface area contributed by atoms with Gasteiger partial charge in [-0.25, -0.2) is 9.97 Å². The molecule has 0 saturated carbocycles. The van der Waals surface area contributed by atoms with Gasteiger partial charge in [-0.15, -0.1) is 6.58 Å². The Morgan fingerprint density at radius 3 is 2.54 bits per heavy atom. The van der Waals surface area contributed by atoms with E-state index < -0.39 is 0 Å². The molecule has 0 unspecified atom stereocenters. The van der Waals surface area contributed by atoms with Crippen LogP contribution in [0.1, 0.15) is 59.5 Å². The number of aromatic nitrogens is 2. The Kier molecular flexibility index (Phi) is 9.99. The molecular weight excluding hydrogens is 436 g/mol. The molecule has 0 spiro atoms. The number of carbonyl (C=O) groups is 1. The number of benzene rings is 2. The molecule has 1 N–H and O–H groups in total. The number of carbonyl (C=O) groups excluding carboxylic acids is 1. The van der Waals surface area contributed by atoms with Crippen LogP contribution in [0.15, 0.2) is 79.3 Å². The number of aryl methyl sites for hydroxylation is 1. The van der Waals surface area contributed by atoms with Crippen LogP contribution in [-0.2, 0) is 6.54 Å². The molecule has 1 atom stereocenters. The summed E-state index contributed by atoms with van der Waals surface area (Å²) in [4.78, 5) is 23.4. The lowest BCUT2D eigenvalue weighted by Crippen LogP contribution is -2.32. The monoisotopic (exact) mass is 472 g/mol. The van der Waals surface area contributed by atoms with Crippen molar-refractivity contribution in [2.75, 3.05) is 20.1 Å². The predicted octanol–water partition coefficient (Wildman–Crippen LogP) is 5.51. The van der Waals surface area contributed by atoms with Gasteiger partial charge in [-0.2, -0.15) is 0 Å². The van der Waals surface area contributed by atoms with Crippen LogP contribution in [0.3, 0.4) is 0 Å². The van der Waals surface area contributed by atoms with Crippen molar-refractivity contribution in [3.8, 4) is 5.75 Å². The zero-order valence-electron chi connectivity index (χ0n) is 21.0. The molecule has 6 heteroatoms. The summed E-state index contributed by atoms with van der Waals surface area (Å²) in [5.74, 6) is 0.757. The Balaban J connectivity index is 1.72. The smallest absolute Gasteiger partial charge is 0.257 e. The lowest BCUT2D eigenvalue weighted by molar-refractivity contribution is 0.0739. The van der Waals surface area contributed by atoms with Crippen LogP contribution in [0.4, 0.5) is 0 Å². The molecular formula is C29H36N4O2. The van der Waals surface area contributed by atoms with Gasteiger partial charge in [0.15, 0.2) is 0 Å². The van der Waals surface area contributed by atoms with Crippen molar-refractivity contribution < 1.29 is 9.53 Å². The maximum absolute atomic E-state index is 13.3. The molecule has 184 valence electrons. The fraction of sp³-hybridized carbons (Fsp3) is 0.345. The van der Waals surface area contributed by atoms with Crippen molar-refractivity contribution in [1.82, 2.24) is 20.2 Å². The molecule has 0 fully saturated rings. The first kappa shape index (κ1) is 26.1. The molecule has 1 amide bonds. The highest BCUT2D eigenvalue weighted by molar-refractivity contribution is 5.94. The highest BCUT2D eigenvalue weighted by atomic mass is 16.5. The normalized spacial score (nSPS) is 11.6. The summed E-state index contributed by atoms with van der Waals surface area (Å²) in [6.45, 7) is 9.84. The summed E-state index contributed by atoms with van der Waals surface area (Å²) in [6.07, 6.45) is 5.65. The van der Waals surface area contributed by atoms with Gasteiger partial charge in [0.25, 0.3) is 5.91 Å². The Morgan fingerprint density at radius 2 is 1.89 bits per heavy atom. The highest BCUT2D eigenvalue weighted by Gasteiger charge is 2.19. The first-order valence-electron chi connectivity index (χ1n) is 12.1. The van der Waals surface area contributed by atoms with E-state index in [4.69, 9.17) is 4.74 Å². The lowest BCUT2D eigenvalue weighted by Gasteiger charge is -2.24. The van der Waals surface area contributed by atoms with Gasteiger partial charge in [-0.05, 0) is 63.5 Å². The summed E-state index contributed by atoms with van der Waals surface area (Å²) in [5, 5.41) is 3.20. The van der Waals surface area contributed by atoms with Crippen molar-refractivity contribution in [1.29, 1.82) is 0 Å². The molecule has 0 aliphatic heterocycles. The minimum absolute atomic E-state index is 0.0317. The van der Waals surface area contributed by atoms with Crippen LogP contribution in [0.2, 0.25) is 0 Å². The van der Waals surface area contributed by atoms with E-state index in [-0.39, 0.29) is 12.0 Å². The van der Waals surface area contributed by atoms with Crippen molar-refractivity contribution >= 4 is 5.91 Å². The third kappa shape index (κ3) is 8.04. The van der Waals surface area contributed by atoms with Gasteiger partial charge in [0.1, 0.15) is 18.2 Å². The molecule has 1 aromatic heterocycles. The second-order valence-electron chi connectivity index (χ2n) is 8.86. The van der Waals surface area contributed by atoms with E-state index in [0.717, 1.165) is 48.3 Å². The molecule has 0 bridgehead atoms. The Hall–Kier alpha value is -3.51. The fourth-order valence-electron chi connectivity index (χ4n) is 3.89. The summed E-state index contributed by atoms with van der Waals surface area (Å²) in [5.41, 5.74) is 4.54. The highest BCUT2D eigenvalue weighted by Crippen LogP contribution is 2.25. The van der Waals surface area contributed by atoms with Crippen LogP contribution in [0, 0.1) is 6.92 Å². The van der Waals surface area contributed by atoms with E-state index in [2.05, 4.69) is 34.0 Å². The van der Waals surface area contributed by atoms with Gasteiger partial charge < -0.3 is 15.0 Å². The van der Waals surface area contributed by atoms with Crippen LogP contribution in [0.5, 0.6) is 5.75 Å². The average Bonchev–Trinajstić information content (AvgIpc) is 2.87. The maximum Gasteiger partial charge on any atom is 0.257 e. The van der Waals surface area contributed by atoms with Crippen LogP contribution in [0.25, 0.3) is 0 Å². The molecule has 35 heavy (non-hydrogen) atoms. The molecule has 2 aromatic carbocycles. The topological polar surface area (TPSA) is 67.3 Å². The van der Waals surface area contributed by atoms with Gasteiger partial charge in [-0.1, -0.05) is 48.0 Å². The maximum atomic E-state index is 13.3. The number of rotatable bonds is 13. The summed E-state index contributed by atoms with van der Waals surface area (Å²) < 4.78 is 6.34. The number of hydrogen-bond acceptors (Lipinski definition) is 5. The van der Waals surface area contributed by atoms with E-state index in [1.54, 1.807) is 6.20 Å². The van der Waals surface area contributed by atoms with Gasteiger partial charge in [0, 0.05) is 25.7 Å². The second-order valence-corrected chi connectivity index (χ2v) is 8.86. The van der Waals surface area contributed by atoms with E-state index in [1.807, 2.05) is 68.3 Å². The van der Waals surface area contributed by atoms with Gasteiger partial charge in [0.05, 0.1) is 11.3 Å². The predicted molar refractivity (Wildman–Crippen MR) is 140 cm³/mol. The van der Waals surface area contributed by atoms with Gasteiger partial charge in [0.2, 0.25) is 0 Å². The van der Waals surface area contributed by atoms with E-state index in [9.17, 15) is 4.79 Å². The standard InChI is InChI=1S/C29H36N4O2/c1-22(2)9-8-18-33(29(34)27-19-31-21-32-23(27)3)20-24-12-14-26(15-13-24)35-28(16-17-30-4)25-10-6-5-7-11-25/h5-7,10-15,19,21,28,30H,1,8-9,16-18,20H2,2-4H3/t28-/m1/s1. The lowest BCUT2D eigenvalue weighted by atomic mass is 10.1. The van der Waals surface area contributed by atoms with Gasteiger partial charge >= 0.3 is 0 Å². The van der Waals surface area contributed by atoms with E-state index in [0.29, 0.717) is 24.3 Å². The Bertz CT molecular complexity index is 1080. The zero-order valence-corrected chi connectivity index (χ0v) is 21.0. The van der Waals surface area contributed by atoms with Crippen molar-refractivity contribution in [3.63, 3.8) is 0 Å². The first-order valence-corrected chi connectivity index (χ1v) is 12.1. The van der Waals surface area contributed by atoms with Crippen LogP contribution >= 0.6 is 0 Å². The molecule has 6 nitrogen and oxygen atoms in total. The van der Waals surface area contributed by atoms with Gasteiger partial charge in [-0.3, -0.25) is 4.79 Å². The average molecular weight is 473 g/mol. The fourth-order valence-corrected chi connectivity index (χ4v) is 3.89. The number of hydrogen-bond donors (Lipinski definition) is 1. The number of nitrogens with one attached hydrogen (secondary N) is 1. The minimum Gasteiger partial charge on any atom is -0.486 e. The molecule has 3 rings (SSSR count). The summed E-state index contributed by atoms with van der Waals surface area (Å²) >= 11 is 0. The van der Waals surface area contributed by atoms with Crippen molar-refractivity contribution in [3.05, 3.63) is 102 Å². The Labute approximate surface area is 209 Å². The van der Waals surface area contributed by atoms with Crippen molar-refractivity contribution in [2.24, 2.45) is 0 Å². The SMILES string of the molecule is C=C(C)CCCN(Cc1ccc(O[C@H](CCNC)c2ccccc2)cc1)C(=O)c1cncnc1C. The minimum atomic E-state index is -0.0543. The largest absolute Gasteiger partial charge is 0.486 e.